The van der Waals surface area contributed by atoms with Crippen molar-refractivity contribution in [1.82, 2.24) is 4.90 Å². The maximum absolute atomic E-state index is 12.6. The highest BCUT2D eigenvalue weighted by Crippen LogP contribution is 2.34. The number of rotatable bonds is 5. The maximum atomic E-state index is 12.6. The Morgan fingerprint density at radius 2 is 2.10 bits per heavy atom. The largest absolute Gasteiger partial charge is 0.372 e. The molecule has 0 N–H and O–H groups in total. The van der Waals surface area contributed by atoms with E-state index in [1.54, 1.807) is 6.08 Å². The van der Waals surface area contributed by atoms with Gasteiger partial charge in [-0.1, -0.05) is 18.9 Å². The second-order valence-electron chi connectivity index (χ2n) is 6.58. The van der Waals surface area contributed by atoms with Crippen LogP contribution < -0.4 is 0 Å². The third-order valence-electron chi connectivity index (χ3n) is 5.22. The van der Waals surface area contributed by atoms with Gasteiger partial charge in [-0.2, -0.15) is 0 Å². The first-order valence-electron chi connectivity index (χ1n) is 8.43. The Kier molecular flexibility index (Phi) is 4.96. The highest BCUT2D eigenvalue weighted by molar-refractivity contribution is 5.77. The summed E-state index contributed by atoms with van der Waals surface area (Å²) in [5.41, 5.74) is 0. The van der Waals surface area contributed by atoms with E-state index >= 15 is 0 Å². The molecule has 4 heteroatoms. The van der Waals surface area contributed by atoms with E-state index in [-0.39, 0.29) is 18.2 Å². The molecule has 0 aromatic heterocycles. The van der Waals surface area contributed by atoms with E-state index in [9.17, 15) is 4.79 Å². The van der Waals surface area contributed by atoms with Crippen molar-refractivity contribution in [2.24, 2.45) is 5.92 Å². The first-order chi connectivity index (χ1) is 10.3. The molecule has 3 atom stereocenters. The lowest BCUT2D eigenvalue weighted by Crippen LogP contribution is -2.54. The van der Waals surface area contributed by atoms with E-state index in [1.807, 2.05) is 0 Å². The lowest BCUT2D eigenvalue weighted by molar-refractivity contribution is -0.151. The van der Waals surface area contributed by atoms with Gasteiger partial charge in [0.05, 0.1) is 25.4 Å². The van der Waals surface area contributed by atoms with E-state index in [4.69, 9.17) is 9.47 Å². The lowest BCUT2D eigenvalue weighted by Gasteiger charge is -2.39. The molecule has 1 amide bonds. The minimum atomic E-state index is 0.0613. The molecule has 0 aromatic rings. The van der Waals surface area contributed by atoms with Gasteiger partial charge in [-0.25, -0.2) is 0 Å². The lowest BCUT2D eigenvalue weighted by atomic mass is 10.0. The van der Waals surface area contributed by atoms with E-state index in [0.29, 0.717) is 25.0 Å². The number of hydrogen-bond donors (Lipinski definition) is 0. The molecule has 3 fully saturated rings. The number of ether oxygens (including phenoxy) is 2. The van der Waals surface area contributed by atoms with Crippen molar-refractivity contribution in [2.75, 3.05) is 19.8 Å². The van der Waals surface area contributed by atoms with E-state index in [0.717, 1.165) is 25.8 Å². The second-order valence-corrected chi connectivity index (χ2v) is 6.58. The fourth-order valence-corrected chi connectivity index (χ4v) is 4.17. The zero-order chi connectivity index (χ0) is 14.7. The van der Waals surface area contributed by atoms with Gasteiger partial charge in [0.15, 0.2) is 0 Å². The van der Waals surface area contributed by atoms with Gasteiger partial charge in [0.2, 0.25) is 5.91 Å². The van der Waals surface area contributed by atoms with Crippen LogP contribution >= 0.6 is 0 Å². The molecule has 21 heavy (non-hydrogen) atoms. The summed E-state index contributed by atoms with van der Waals surface area (Å²) in [6, 6.07) is 0.225. The third-order valence-corrected chi connectivity index (χ3v) is 5.22. The average Bonchev–Trinajstić information content (AvgIpc) is 3.14. The SMILES string of the molecule is C=CCO[C@@H]1CC[C@@H]2[C@@H]1OCCN2C(=O)CC1CCCC1. The first kappa shape index (κ1) is 15.0. The highest BCUT2D eigenvalue weighted by Gasteiger charge is 2.45. The summed E-state index contributed by atoms with van der Waals surface area (Å²) in [7, 11) is 0. The summed E-state index contributed by atoms with van der Waals surface area (Å²) in [4.78, 5) is 14.7. The fourth-order valence-electron chi connectivity index (χ4n) is 4.17. The normalized spacial score (nSPS) is 33.1. The third kappa shape index (κ3) is 3.32. The van der Waals surface area contributed by atoms with Gasteiger partial charge in [-0.3, -0.25) is 4.79 Å². The number of hydrogen-bond acceptors (Lipinski definition) is 3. The Hall–Kier alpha value is -0.870. The van der Waals surface area contributed by atoms with Gasteiger partial charge >= 0.3 is 0 Å². The number of carbonyl (C=O) groups is 1. The Bertz CT molecular complexity index is 378. The molecular weight excluding hydrogens is 266 g/mol. The van der Waals surface area contributed by atoms with E-state index < -0.39 is 0 Å². The van der Waals surface area contributed by atoms with Gasteiger partial charge in [0, 0.05) is 13.0 Å². The zero-order valence-electron chi connectivity index (χ0n) is 12.8. The molecule has 0 unspecified atom stereocenters. The van der Waals surface area contributed by atoms with E-state index in [2.05, 4.69) is 11.5 Å². The van der Waals surface area contributed by atoms with Crippen LogP contribution in [0.4, 0.5) is 0 Å². The molecule has 2 saturated carbocycles. The van der Waals surface area contributed by atoms with Crippen LogP contribution in [0.15, 0.2) is 12.7 Å². The highest BCUT2D eigenvalue weighted by atomic mass is 16.5. The number of carbonyl (C=O) groups excluding carboxylic acids is 1. The molecule has 3 aliphatic rings. The van der Waals surface area contributed by atoms with Crippen LogP contribution in [-0.4, -0.2) is 48.8 Å². The van der Waals surface area contributed by atoms with Crippen LogP contribution in [0.3, 0.4) is 0 Å². The molecule has 1 saturated heterocycles. The Balaban J connectivity index is 1.58. The summed E-state index contributed by atoms with van der Waals surface area (Å²) in [6.45, 7) is 5.65. The quantitative estimate of drug-likeness (QED) is 0.731. The van der Waals surface area contributed by atoms with Crippen molar-refractivity contribution >= 4 is 5.91 Å². The molecule has 118 valence electrons. The molecular formula is C17H27NO3. The standard InChI is InChI=1S/C17H27NO3/c1-2-10-20-15-8-7-14-17(15)21-11-9-18(14)16(19)12-13-5-3-4-6-13/h2,13-15,17H,1,3-12H2/t14-,15-,17+/m1/s1. The Morgan fingerprint density at radius 3 is 2.86 bits per heavy atom. The molecule has 0 spiro atoms. The average molecular weight is 293 g/mol. The van der Waals surface area contributed by atoms with Crippen LogP contribution in [-0.2, 0) is 14.3 Å². The topological polar surface area (TPSA) is 38.8 Å². The first-order valence-corrected chi connectivity index (χ1v) is 8.43. The number of fused-ring (bicyclic) bond motifs is 1. The Labute approximate surface area is 127 Å². The van der Waals surface area contributed by atoms with Crippen LogP contribution in [0.1, 0.15) is 44.9 Å². The smallest absolute Gasteiger partial charge is 0.223 e. The monoisotopic (exact) mass is 293 g/mol. The fraction of sp³-hybridized carbons (Fsp3) is 0.824. The van der Waals surface area contributed by atoms with Crippen LogP contribution in [0.5, 0.6) is 0 Å². The van der Waals surface area contributed by atoms with Crippen molar-refractivity contribution in [3.05, 3.63) is 12.7 Å². The summed E-state index contributed by atoms with van der Waals surface area (Å²) in [5.74, 6) is 0.956. The molecule has 1 heterocycles. The van der Waals surface area contributed by atoms with Gasteiger partial charge < -0.3 is 14.4 Å². The summed E-state index contributed by atoms with van der Waals surface area (Å²) >= 11 is 0. The molecule has 0 bridgehead atoms. The van der Waals surface area contributed by atoms with Gasteiger partial charge in [0.1, 0.15) is 6.10 Å². The summed E-state index contributed by atoms with van der Waals surface area (Å²) in [5, 5.41) is 0. The van der Waals surface area contributed by atoms with Crippen molar-refractivity contribution < 1.29 is 14.3 Å². The summed E-state index contributed by atoms with van der Waals surface area (Å²) < 4.78 is 11.7. The molecule has 1 aliphatic heterocycles. The van der Waals surface area contributed by atoms with E-state index in [1.165, 1.54) is 25.7 Å². The molecule has 3 rings (SSSR count). The number of amides is 1. The van der Waals surface area contributed by atoms with Crippen LogP contribution in [0.2, 0.25) is 0 Å². The second kappa shape index (κ2) is 6.93. The van der Waals surface area contributed by atoms with Crippen molar-refractivity contribution in [1.29, 1.82) is 0 Å². The number of morpholine rings is 1. The minimum absolute atomic E-state index is 0.0613. The molecule has 2 aliphatic carbocycles. The molecule has 0 radical (unpaired) electrons. The summed E-state index contributed by atoms with van der Waals surface area (Å²) in [6.07, 6.45) is 9.74. The van der Waals surface area contributed by atoms with Gasteiger partial charge in [0.25, 0.3) is 0 Å². The Morgan fingerprint density at radius 1 is 1.29 bits per heavy atom. The maximum Gasteiger partial charge on any atom is 0.223 e. The van der Waals surface area contributed by atoms with Crippen molar-refractivity contribution in [2.45, 2.75) is 63.2 Å². The van der Waals surface area contributed by atoms with Gasteiger partial charge in [-0.05, 0) is 31.6 Å². The van der Waals surface area contributed by atoms with Crippen LogP contribution in [0, 0.1) is 5.92 Å². The predicted molar refractivity (Wildman–Crippen MR) is 81.0 cm³/mol. The van der Waals surface area contributed by atoms with Crippen molar-refractivity contribution in [3.8, 4) is 0 Å². The minimum Gasteiger partial charge on any atom is -0.372 e. The molecule has 4 nitrogen and oxygen atoms in total. The molecule has 0 aromatic carbocycles. The van der Waals surface area contributed by atoms with Gasteiger partial charge in [-0.15, -0.1) is 6.58 Å². The predicted octanol–water partition coefficient (Wildman–Crippen LogP) is 2.53. The number of nitrogens with zero attached hydrogens (tertiary/aromatic N) is 1. The van der Waals surface area contributed by atoms with Crippen molar-refractivity contribution in [3.63, 3.8) is 0 Å². The zero-order valence-corrected chi connectivity index (χ0v) is 12.8. The van der Waals surface area contributed by atoms with Crippen LogP contribution in [0.25, 0.3) is 0 Å².